The summed E-state index contributed by atoms with van der Waals surface area (Å²) in [6.07, 6.45) is -16.1. The normalized spacial score (nSPS) is 12.1. The zero-order valence-electron chi connectivity index (χ0n) is 36.4. The number of alkyl halides is 12. The fraction of sp³-hybridized carbons (Fsp3) is 0.375. The Morgan fingerprint density at radius 2 is 0.766 bits per heavy atom. The summed E-state index contributed by atoms with van der Waals surface area (Å²) in [4.78, 5) is 0. The summed E-state index contributed by atoms with van der Waals surface area (Å²) >= 11 is -0.826. The zero-order chi connectivity index (χ0) is 48.5. The van der Waals surface area contributed by atoms with E-state index in [0.29, 0.717) is 21.9 Å². The van der Waals surface area contributed by atoms with E-state index in [1.54, 1.807) is 12.1 Å². The predicted molar refractivity (Wildman–Crippen MR) is 235 cm³/mol. The van der Waals surface area contributed by atoms with Gasteiger partial charge >= 0.3 is 62.6 Å². The Labute approximate surface area is 387 Å². The van der Waals surface area contributed by atoms with Gasteiger partial charge in [0.2, 0.25) is 0 Å². The van der Waals surface area contributed by atoms with E-state index in [-0.39, 0.29) is 35.1 Å². The molecule has 0 bridgehead atoms. The Bertz CT molecular complexity index is 2200. The van der Waals surface area contributed by atoms with Gasteiger partial charge in [-0.25, -0.2) is 0 Å². The van der Waals surface area contributed by atoms with E-state index in [2.05, 4.69) is 13.1 Å². The summed E-state index contributed by atoms with van der Waals surface area (Å²) in [5, 5.41) is 3.01. The van der Waals surface area contributed by atoms with Crippen LogP contribution in [-0.2, 0) is 58.4 Å². The second kappa shape index (κ2) is 23.1. The second-order valence-electron chi connectivity index (χ2n) is 15.8. The molecule has 6 aromatic carbocycles. The van der Waals surface area contributed by atoms with E-state index in [9.17, 15) is 52.7 Å². The quantitative estimate of drug-likeness (QED) is 0.0810. The molecule has 0 heterocycles. The van der Waals surface area contributed by atoms with Crippen molar-refractivity contribution in [1.82, 2.24) is 0 Å². The molecule has 0 aliphatic rings. The minimum atomic E-state index is -4.87. The molecule has 0 saturated heterocycles. The van der Waals surface area contributed by atoms with Crippen molar-refractivity contribution in [2.45, 2.75) is 117 Å². The number of hydrogen-bond donors (Lipinski definition) is 0. The standard InChI is InChI=1S/2C23H21F6.C2H6Si.2ClH.Zr/c2*1-4-5-14-8-15-6-7-19(13(2)3)21(20(15)9-14)16-10-17(22(24,25)26)12-18(11-16)23(27,28)29;1-3-2;;;/h2*6-13H,4-5H2,1-3H3;1-2H3;2*1H;/q2*-1;;;;+4/p-2. The monoisotopic (exact) mass is 1040 g/mol. The van der Waals surface area contributed by atoms with Gasteiger partial charge in [0.1, 0.15) is 0 Å². The van der Waals surface area contributed by atoms with Crippen molar-refractivity contribution in [1.29, 1.82) is 0 Å². The van der Waals surface area contributed by atoms with Gasteiger partial charge in [-0.3, -0.25) is 0 Å². The number of rotatable bonds is 8. The van der Waals surface area contributed by atoms with Crippen LogP contribution in [0.5, 0.6) is 0 Å². The van der Waals surface area contributed by atoms with Crippen LogP contribution in [0.15, 0.2) is 84.9 Å². The van der Waals surface area contributed by atoms with Gasteiger partial charge in [0.05, 0.1) is 22.3 Å². The van der Waals surface area contributed by atoms with Gasteiger partial charge in [0.15, 0.2) is 0 Å². The fourth-order valence-electron chi connectivity index (χ4n) is 7.39. The summed E-state index contributed by atoms with van der Waals surface area (Å²) in [6, 6.07) is 18.7. The van der Waals surface area contributed by atoms with Crippen molar-refractivity contribution in [2.24, 2.45) is 0 Å². The molecule has 0 aromatic heterocycles. The topological polar surface area (TPSA) is 0 Å². The summed E-state index contributed by atoms with van der Waals surface area (Å²) in [7, 11) is 11.0. The molecule has 0 spiro atoms. The first kappa shape index (κ1) is 55.3. The van der Waals surface area contributed by atoms with E-state index in [0.717, 1.165) is 92.5 Å². The van der Waals surface area contributed by atoms with Crippen LogP contribution in [-0.4, -0.2) is 9.52 Å². The SMILES string of the molecule is CCCc1cc2c(-c3cc(C(F)(F)F)cc(C(F)(F)F)c3)c(C(C)C)ccc2[cH-]1.CCCc1cc2c(-c3cc(C(F)(F)F)cc(C(F)(F)F)c3)c(C(C)C)ccc2[cH-]1.C[Si]C.[Cl][Zr+2][Cl]. The number of hydrogen-bond acceptors (Lipinski definition) is 0. The van der Waals surface area contributed by atoms with Crippen LogP contribution in [0.1, 0.15) is 111 Å². The van der Waals surface area contributed by atoms with Crippen LogP contribution in [0.2, 0.25) is 13.1 Å². The Hall–Kier alpha value is -3.06. The van der Waals surface area contributed by atoms with Crippen molar-refractivity contribution >= 4 is 48.1 Å². The molecule has 0 amide bonds. The molecule has 0 unspecified atom stereocenters. The third kappa shape index (κ3) is 14.5. The first-order valence-electron chi connectivity index (χ1n) is 20.2. The molecule has 6 rings (SSSR count). The molecule has 346 valence electrons. The molecule has 64 heavy (non-hydrogen) atoms. The Morgan fingerprint density at radius 3 is 0.984 bits per heavy atom. The second-order valence-corrected chi connectivity index (χ2v) is 20.5. The number of benzene rings is 4. The summed E-state index contributed by atoms with van der Waals surface area (Å²) < 4.78 is 160. The molecule has 0 aliphatic heterocycles. The van der Waals surface area contributed by atoms with Crippen LogP contribution in [0.4, 0.5) is 52.7 Å². The van der Waals surface area contributed by atoms with E-state index in [1.807, 2.05) is 77.9 Å². The van der Waals surface area contributed by atoms with Crippen molar-refractivity contribution < 1.29 is 73.5 Å². The van der Waals surface area contributed by atoms with Gasteiger partial charge in [-0.05, 0) is 72.2 Å². The predicted octanol–water partition coefficient (Wildman–Crippen LogP) is 18.8. The van der Waals surface area contributed by atoms with E-state index < -0.39 is 67.8 Å². The third-order valence-electron chi connectivity index (χ3n) is 10.0. The number of halogens is 14. The molecule has 2 radical (unpaired) electrons. The molecular formula is C48H48Cl2F12SiZr. The molecule has 0 atom stereocenters. The third-order valence-corrected chi connectivity index (χ3v) is 10.0. The van der Waals surface area contributed by atoms with Gasteiger partial charge in [0, 0.05) is 9.52 Å². The maximum atomic E-state index is 13.4. The van der Waals surface area contributed by atoms with Crippen LogP contribution >= 0.6 is 17.0 Å². The first-order chi connectivity index (χ1) is 29.7. The Morgan fingerprint density at radius 1 is 0.500 bits per heavy atom. The molecule has 0 aliphatic carbocycles. The molecule has 6 aromatic rings. The van der Waals surface area contributed by atoms with Gasteiger partial charge in [-0.15, -0.1) is 69.1 Å². The molecule has 0 nitrogen and oxygen atoms in total. The average molecular weight is 1040 g/mol. The Balaban J connectivity index is 0.000000303. The van der Waals surface area contributed by atoms with Crippen LogP contribution < -0.4 is 0 Å². The fourth-order valence-corrected chi connectivity index (χ4v) is 7.39. The summed E-state index contributed by atoms with van der Waals surface area (Å²) in [5.74, 6) is -0.134. The van der Waals surface area contributed by atoms with Crippen molar-refractivity contribution in [3.8, 4) is 22.3 Å². The minimum absolute atomic E-state index is 0.0601. The van der Waals surface area contributed by atoms with Crippen LogP contribution in [0, 0.1) is 0 Å². The molecular weight excluding hydrogens is 995 g/mol. The zero-order valence-corrected chi connectivity index (χ0v) is 41.3. The first-order valence-corrected chi connectivity index (χ1v) is 28.6. The van der Waals surface area contributed by atoms with Crippen molar-refractivity contribution in [3.05, 3.63) is 129 Å². The van der Waals surface area contributed by atoms with E-state index >= 15 is 0 Å². The van der Waals surface area contributed by atoms with Crippen LogP contribution in [0.25, 0.3) is 43.8 Å². The average Bonchev–Trinajstić information content (AvgIpc) is 3.80. The van der Waals surface area contributed by atoms with Crippen molar-refractivity contribution in [3.63, 3.8) is 0 Å². The maximum absolute atomic E-state index is 13.4. The summed E-state index contributed by atoms with van der Waals surface area (Å²) in [6.45, 7) is 15.8. The number of aryl methyl sites for hydroxylation is 2. The van der Waals surface area contributed by atoms with Crippen molar-refractivity contribution in [2.75, 3.05) is 0 Å². The van der Waals surface area contributed by atoms with E-state index in [1.165, 1.54) is 0 Å². The summed E-state index contributed by atoms with van der Waals surface area (Å²) in [5.41, 5.74) is -0.942. The molecule has 16 heteroatoms. The van der Waals surface area contributed by atoms with Gasteiger partial charge in [-0.1, -0.05) is 89.7 Å². The van der Waals surface area contributed by atoms with Gasteiger partial charge in [-0.2, -0.15) is 64.8 Å². The van der Waals surface area contributed by atoms with E-state index in [4.69, 9.17) is 17.0 Å². The molecule has 0 saturated carbocycles. The van der Waals surface area contributed by atoms with Gasteiger partial charge in [0.25, 0.3) is 0 Å². The van der Waals surface area contributed by atoms with Gasteiger partial charge < -0.3 is 0 Å². The molecule has 0 fully saturated rings. The molecule has 0 N–H and O–H groups in total. The Kier molecular flexibility index (Phi) is 19.9. The number of fused-ring (bicyclic) bond motifs is 2. The van der Waals surface area contributed by atoms with Crippen LogP contribution in [0.3, 0.4) is 0 Å².